The van der Waals surface area contributed by atoms with Gasteiger partial charge in [0, 0.05) is 12.1 Å². The van der Waals surface area contributed by atoms with Crippen molar-refractivity contribution in [3.05, 3.63) is 29.8 Å². The number of ether oxygens (including phenoxy) is 1. The normalized spacial score (nSPS) is 11.2. The molecule has 0 aromatic heterocycles. The molecule has 0 aliphatic rings. The van der Waals surface area contributed by atoms with Crippen LogP contribution in [0.2, 0.25) is 0 Å². The standard InChI is InChI=1S/C15H23NO3/c1-12-5-4-6-13(11-12)19-10-7-14(18)16-15(2,3)8-9-17/h4-6,11,17H,7-10H2,1-3H3,(H,16,18). The van der Waals surface area contributed by atoms with Crippen LogP contribution in [0.1, 0.15) is 32.3 Å². The topological polar surface area (TPSA) is 58.6 Å². The molecule has 4 heteroatoms. The van der Waals surface area contributed by atoms with Crippen molar-refractivity contribution < 1.29 is 14.6 Å². The Hall–Kier alpha value is -1.55. The summed E-state index contributed by atoms with van der Waals surface area (Å²) in [5.41, 5.74) is 0.751. The molecule has 19 heavy (non-hydrogen) atoms. The van der Waals surface area contributed by atoms with Crippen molar-refractivity contribution in [2.24, 2.45) is 0 Å². The van der Waals surface area contributed by atoms with Crippen LogP contribution in [-0.2, 0) is 4.79 Å². The first-order valence-corrected chi connectivity index (χ1v) is 6.54. The van der Waals surface area contributed by atoms with Crippen LogP contribution in [-0.4, -0.2) is 29.8 Å². The molecule has 1 rings (SSSR count). The van der Waals surface area contributed by atoms with E-state index in [-0.39, 0.29) is 18.1 Å². The third-order valence-corrected chi connectivity index (χ3v) is 2.80. The first-order chi connectivity index (χ1) is 8.93. The number of carbonyl (C=O) groups is 1. The number of hydrogen-bond donors (Lipinski definition) is 2. The van der Waals surface area contributed by atoms with Gasteiger partial charge in [-0.1, -0.05) is 12.1 Å². The summed E-state index contributed by atoms with van der Waals surface area (Å²) < 4.78 is 5.52. The molecule has 0 saturated heterocycles. The maximum Gasteiger partial charge on any atom is 0.223 e. The molecule has 106 valence electrons. The van der Waals surface area contributed by atoms with E-state index in [2.05, 4.69) is 5.32 Å². The number of nitrogens with one attached hydrogen (secondary N) is 1. The number of amides is 1. The van der Waals surface area contributed by atoms with Gasteiger partial charge < -0.3 is 15.2 Å². The SMILES string of the molecule is Cc1cccc(OCCC(=O)NC(C)(C)CCO)c1. The van der Waals surface area contributed by atoms with E-state index >= 15 is 0 Å². The predicted octanol–water partition coefficient (Wildman–Crippen LogP) is 2.04. The Bertz CT molecular complexity index is 416. The summed E-state index contributed by atoms with van der Waals surface area (Å²) in [5, 5.41) is 11.8. The molecule has 0 spiro atoms. The van der Waals surface area contributed by atoms with Gasteiger partial charge in [-0.3, -0.25) is 4.79 Å². The van der Waals surface area contributed by atoms with Crippen molar-refractivity contribution in [3.63, 3.8) is 0 Å². The van der Waals surface area contributed by atoms with E-state index in [9.17, 15) is 4.79 Å². The molecule has 0 unspecified atom stereocenters. The maximum absolute atomic E-state index is 11.7. The van der Waals surface area contributed by atoms with Crippen molar-refractivity contribution in [3.8, 4) is 5.75 Å². The van der Waals surface area contributed by atoms with Crippen LogP contribution in [0.25, 0.3) is 0 Å². The highest BCUT2D eigenvalue weighted by atomic mass is 16.5. The molecule has 2 N–H and O–H groups in total. The minimum Gasteiger partial charge on any atom is -0.493 e. The van der Waals surface area contributed by atoms with Gasteiger partial charge in [-0.05, 0) is 44.9 Å². The van der Waals surface area contributed by atoms with Gasteiger partial charge >= 0.3 is 0 Å². The van der Waals surface area contributed by atoms with Gasteiger partial charge in [-0.2, -0.15) is 0 Å². The predicted molar refractivity (Wildman–Crippen MR) is 75.2 cm³/mol. The van der Waals surface area contributed by atoms with Gasteiger partial charge in [0.1, 0.15) is 5.75 Å². The number of aliphatic hydroxyl groups is 1. The zero-order chi connectivity index (χ0) is 14.3. The minimum absolute atomic E-state index is 0.0626. The van der Waals surface area contributed by atoms with Crippen molar-refractivity contribution in [2.75, 3.05) is 13.2 Å². The van der Waals surface area contributed by atoms with E-state index < -0.39 is 0 Å². The number of carbonyl (C=O) groups excluding carboxylic acids is 1. The fourth-order valence-corrected chi connectivity index (χ4v) is 1.75. The second-order valence-corrected chi connectivity index (χ2v) is 5.32. The highest BCUT2D eigenvalue weighted by Gasteiger charge is 2.19. The molecule has 1 aromatic rings. The van der Waals surface area contributed by atoms with Gasteiger partial charge in [-0.25, -0.2) is 0 Å². The van der Waals surface area contributed by atoms with Gasteiger partial charge in [0.2, 0.25) is 5.91 Å². The highest BCUT2D eigenvalue weighted by molar-refractivity contribution is 5.76. The third kappa shape index (κ3) is 6.25. The number of aliphatic hydroxyl groups excluding tert-OH is 1. The summed E-state index contributed by atoms with van der Waals surface area (Å²) in [6.45, 7) is 6.19. The van der Waals surface area contributed by atoms with Crippen LogP contribution < -0.4 is 10.1 Å². The third-order valence-electron chi connectivity index (χ3n) is 2.80. The quantitative estimate of drug-likeness (QED) is 0.793. The van der Waals surface area contributed by atoms with Crippen molar-refractivity contribution >= 4 is 5.91 Å². The van der Waals surface area contributed by atoms with E-state index in [1.54, 1.807) is 0 Å². The Balaban J connectivity index is 2.31. The highest BCUT2D eigenvalue weighted by Crippen LogP contribution is 2.12. The molecule has 0 atom stereocenters. The number of aryl methyl sites for hydroxylation is 1. The van der Waals surface area contributed by atoms with Crippen molar-refractivity contribution in [2.45, 2.75) is 39.2 Å². The van der Waals surface area contributed by atoms with Crippen LogP contribution in [0.4, 0.5) is 0 Å². The fourth-order valence-electron chi connectivity index (χ4n) is 1.75. The van der Waals surface area contributed by atoms with Gasteiger partial charge in [0.15, 0.2) is 0 Å². The summed E-state index contributed by atoms with van der Waals surface area (Å²) in [6, 6.07) is 7.74. The summed E-state index contributed by atoms with van der Waals surface area (Å²) in [6.07, 6.45) is 0.847. The molecule has 0 bridgehead atoms. The summed E-state index contributed by atoms with van der Waals surface area (Å²) in [4.78, 5) is 11.7. The largest absolute Gasteiger partial charge is 0.493 e. The number of hydrogen-bond acceptors (Lipinski definition) is 3. The van der Waals surface area contributed by atoms with Crippen molar-refractivity contribution in [1.82, 2.24) is 5.32 Å². The van der Waals surface area contributed by atoms with E-state index in [1.165, 1.54) is 0 Å². The van der Waals surface area contributed by atoms with E-state index in [0.29, 0.717) is 19.4 Å². The average molecular weight is 265 g/mol. The summed E-state index contributed by atoms with van der Waals surface area (Å²) >= 11 is 0. The average Bonchev–Trinajstić information content (AvgIpc) is 2.27. The monoisotopic (exact) mass is 265 g/mol. The van der Waals surface area contributed by atoms with Crippen LogP contribution >= 0.6 is 0 Å². The zero-order valence-corrected chi connectivity index (χ0v) is 11.9. The summed E-state index contributed by atoms with van der Waals surface area (Å²) in [7, 11) is 0. The maximum atomic E-state index is 11.7. The van der Waals surface area contributed by atoms with E-state index in [1.807, 2.05) is 45.0 Å². The van der Waals surface area contributed by atoms with Crippen LogP contribution in [0.3, 0.4) is 0 Å². The van der Waals surface area contributed by atoms with Gasteiger partial charge in [0.05, 0.1) is 13.0 Å². The molecule has 0 saturated carbocycles. The van der Waals surface area contributed by atoms with Gasteiger partial charge in [-0.15, -0.1) is 0 Å². The Morgan fingerprint density at radius 1 is 1.42 bits per heavy atom. The molecular weight excluding hydrogens is 242 g/mol. The second-order valence-electron chi connectivity index (χ2n) is 5.32. The molecule has 0 aliphatic carbocycles. The lowest BCUT2D eigenvalue weighted by Crippen LogP contribution is -2.44. The smallest absolute Gasteiger partial charge is 0.223 e. The van der Waals surface area contributed by atoms with E-state index in [0.717, 1.165) is 11.3 Å². The summed E-state index contributed by atoms with van der Waals surface area (Å²) in [5.74, 6) is 0.716. The molecule has 0 heterocycles. The molecule has 0 aliphatic heterocycles. The second kappa shape index (κ2) is 7.14. The van der Waals surface area contributed by atoms with Crippen molar-refractivity contribution in [1.29, 1.82) is 0 Å². The molecule has 1 aromatic carbocycles. The molecule has 1 amide bonds. The molecule has 0 radical (unpaired) electrons. The van der Waals surface area contributed by atoms with Crippen LogP contribution in [0, 0.1) is 6.92 Å². The fraction of sp³-hybridized carbons (Fsp3) is 0.533. The Labute approximate surface area is 114 Å². The zero-order valence-electron chi connectivity index (χ0n) is 11.9. The lowest BCUT2D eigenvalue weighted by molar-refractivity contribution is -0.123. The number of rotatable bonds is 7. The van der Waals surface area contributed by atoms with Crippen LogP contribution in [0.15, 0.2) is 24.3 Å². The number of benzene rings is 1. The minimum atomic E-state index is -0.380. The molecular formula is C15H23NO3. The Morgan fingerprint density at radius 2 is 2.16 bits per heavy atom. The first-order valence-electron chi connectivity index (χ1n) is 6.54. The Morgan fingerprint density at radius 3 is 2.79 bits per heavy atom. The first kappa shape index (κ1) is 15.5. The lowest BCUT2D eigenvalue weighted by atomic mass is 10.0. The Kier molecular flexibility index (Phi) is 5.83. The molecule has 4 nitrogen and oxygen atoms in total. The lowest BCUT2D eigenvalue weighted by Gasteiger charge is -2.25. The molecule has 0 fully saturated rings. The van der Waals surface area contributed by atoms with Crippen LogP contribution in [0.5, 0.6) is 5.75 Å². The van der Waals surface area contributed by atoms with Gasteiger partial charge in [0.25, 0.3) is 0 Å². The van der Waals surface area contributed by atoms with E-state index in [4.69, 9.17) is 9.84 Å².